The molecule has 2 atom stereocenters. The van der Waals surface area contributed by atoms with Gasteiger partial charge in [0.05, 0.1) is 0 Å². The number of ether oxygens (including phenoxy) is 1. The molecule has 0 radical (unpaired) electrons. The zero-order valence-corrected chi connectivity index (χ0v) is 7.04. The van der Waals surface area contributed by atoms with E-state index in [-0.39, 0.29) is 12.1 Å². The summed E-state index contributed by atoms with van der Waals surface area (Å²) in [6, 6.07) is -0.490. The molecule has 0 aliphatic heterocycles. The Kier molecular flexibility index (Phi) is 2.49. The largest absolute Gasteiger partial charge is 0.461 e. The molecule has 1 aliphatic carbocycles. The minimum atomic E-state index is -0.490. The molecule has 1 saturated carbocycles. The highest BCUT2D eigenvalue weighted by Gasteiger charge is 2.31. The number of hydrogen-bond donors (Lipinski definition) is 1. The van der Waals surface area contributed by atoms with Crippen LogP contribution in [0.25, 0.3) is 0 Å². The van der Waals surface area contributed by atoms with E-state index in [0.717, 1.165) is 0 Å². The van der Waals surface area contributed by atoms with E-state index in [1.165, 1.54) is 12.8 Å². The molecule has 2 N–H and O–H groups in total. The standard InChI is InChI=1S/C8H15NO2/c1-5(9)8(10)11-6(2)7-3-4-7/h5-7H,3-4,9H2,1-2H3/t5-,6?/m0/s1. The van der Waals surface area contributed by atoms with Crippen LogP contribution in [0.5, 0.6) is 0 Å². The number of nitrogens with two attached hydrogens (primary N) is 1. The molecule has 3 heteroatoms. The third-order valence-corrected chi connectivity index (χ3v) is 1.96. The summed E-state index contributed by atoms with van der Waals surface area (Å²) in [7, 11) is 0. The van der Waals surface area contributed by atoms with Gasteiger partial charge in [-0.3, -0.25) is 4.79 Å². The first kappa shape index (κ1) is 8.53. The molecule has 1 unspecified atom stereocenters. The zero-order chi connectivity index (χ0) is 8.43. The molecule has 0 heterocycles. The monoisotopic (exact) mass is 157 g/mol. The summed E-state index contributed by atoms with van der Waals surface area (Å²) in [6.07, 6.45) is 2.44. The Morgan fingerprint density at radius 1 is 1.55 bits per heavy atom. The molecule has 0 spiro atoms. The van der Waals surface area contributed by atoms with Gasteiger partial charge in [-0.05, 0) is 32.6 Å². The Bertz CT molecular complexity index is 152. The van der Waals surface area contributed by atoms with E-state index in [0.29, 0.717) is 5.92 Å². The van der Waals surface area contributed by atoms with Gasteiger partial charge in [-0.25, -0.2) is 0 Å². The lowest BCUT2D eigenvalue weighted by atomic mass is 10.2. The maximum absolute atomic E-state index is 10.9. The van der Waals surface area contributed by atoms with Gasteiger partial charge in [0.15, 0.2) is 0 Å². The summed E-state index contributed by atoms with van der Waals surface area (Å²) in [5, 5.41) is 0. The second-order valence-corrected chi connectivity index (χ2v) is 3.27. The van der Waals surface area contributed by atoms with Gasteiger partial charge >= 0.3 is 5.97 Å². The first-order chi connectivity index (χ1) is 5.11. The fraction of sp³-hybridized carbons (Fsp3) is 0.875. The highest BCUT2D eigenvalue weighted by molar-refractivity contribution is 5.75. The quantitative estimate of drug-likeness (QED) is 0.613. The van der Waals surface area contributed by atoms with Crippen LogP contribution >= 0.6 is 0 Å². The molecule has 1 aliphatic rings. The molecule has 0 aromatic rings. The predicted molar refractivity (Wildman–Crippen MR) is 41.9 cm³/mol. The highest BCUT2D eigenvalue weighted by Crippen LogP contribution is 2.34. The average Bonchev–Trinajstić information content (AvgIpc) is 2.67. The molecule has 64 valence electrons. The van der Waals surface area contributed by atoms with E-state index < -0.39 is 6.04 Å². The fourth-order valence-corrected chi connectivity index (χ4v) is 0.952. The van der Waals surface area contributed by atoms with Crippen molar-refractivity contribution < 1.29 is 9.53 Å². The Balaban J connectivity index is 2.23. The van der Waals surface area contributed by atoms with Crippen LogP contribution in [-0.2, 0) is 9.53 Å². The van der Waals surface area contributed by atoms with Gasteiger partial charge in [-0.15, -0.1) is 0 Å². The van der Waals surface area contributed by atoms with E-state index in [4.69, 9.17) is 10.5 Å². The minimum absolute atomic E-state index is 0.0634. The maximum Gasteiger partial charge on any atom is 0.322 e. The van der Waals surface area contributed by atoms with Crippen LogP contribution in [0.3, 0.4) is 0 Å². The van der Waals surface area contributed by atoms with E-state index >= 15 is 0 Å². The number of carbonyl (C=O) groups is 1. The van der Waals surface area contributed by atoms with Crippen molar-refractivity contribution in [1.82, 2.24) is 0 Å². The molecule has 0 bridgehead atoms. The SMILES string of the molecule is CC(OC(=O)[C@H](C)N)C1CC1. The molecule has 0 aromatic carbocycles. The van der Waals surface area contributed by atoms with Crippen molar-refractivity contribution in [2.24, 2.45) is 11.7 Å². The van der Waals surface area contributed by atoms with Crippen LogP contribution < -0.4 is 5.73 Å². The second-order valence-electron chi connectivity index (χ2n) is 3.27. The summed E-state index contributed by atoms with van der Waals surface area (Å²) in [6.45, 7) is 3.57. The predicted octanol–water partition coefficient (Wildman–Crippen LogP) is 0.675. The first-order valence-electron chi connectivity index (χ1n) is 4.07. The van der Waals surface area contributed by atoms with E-state index in [2.05, 4.69) is 0 Å². The van der Waals surface area contributed by atoms with Gasteiger partial charge in [0.2, 0.25) is 0 Å². The lowest BCUT2D eigenvalue weighted by molar-refractivity contribution is -0.150. The Morgan fingerprint density at radius 3 is 2.45 bits per heavy atom. The molecular weight excluding hydrogens is 142 g/mol. The van der Waals surface area contributed by atoms with Crippen molar-refractivity contribution in [2.75, 3.05) is 0 Å². The van der Waals surface area contributed by atoms with Gasteiger partial charge in [-0.2, -0.15) is 0 Å². The minimum Gasteiger partial charge on any atom is -0.461 e. The topological polar surface area (TPSA) is 52.3 Å². The summed E-state index contributed by atoms with van der Waals surface area (Å²) in [5.74, 6) is 0.307. The third-order valence-electron chi connectivity index (χ3n) is 1.96. The summed E-state index contributed by atoms with van der Waals surface area (Å²) in [5.41, 5.74) is 5.33. The van der Waals surface area contributed by atoms with Crippen LogP contribution in [0.2, 0.25) is 0 Å². The Morgan fingerprint density at radius 2 is 2.09 bits per heavy atom. The summed E-state index contributed by atoms with van der Waals surface area (Å²) < 4.78 is 5.07. The number of rotatable bonds is 3. The molecule has 1 fully saturated rings. The van der Waals surface area contributed by atoms with Gasteiger partial charge in [0.25, 0.3) is 0 Å². The molecule has 1 rings (SSSR count). The van der Waals surface area contributed by atoms with Crippen molar-refractivity contribution in [1.29, 1.82) is 0 Å². The van der Waals surface area contributed by atoms with E-state index in [1.54, 1.807) is 6.92 Å². The maximum atomic E-state index is 10.9. The first-order valence-corrected chi connectivity index (χ1v) is 4.07. The smallest absolute Gasteiger partial charge is 0.322 e. The zero-order valence-electron chi connectivity index (χ0n) is 7.04. The van der Waals surface area contributed by atoms with E-state index in [1.807, 2.05) is 6.92 Å². The lowest BCUT2D eigenvalue weighted by Gasteiger charge is -2.13. The van der Waals surface area contributed by atoms with Crippen molar-refractivity contribution in [3.8, 4) is 0 Å². The average molecular weight is 157 g/mol. The molecule has 0 saturated heterocycles. The van der Waals surface area contributed by atoms with Crippen molar-refractivity contribution >= 4 is 5.97 Å². The summed E-state index contributed by atoms with van der Waals surface area (Å²) in [4.78, 5) is 10.9. The summed E-state index contributed by atoms with van der Waals surface area (Å²) >= 11 is 0. The Hall–Kier alpha value is -0.570. The number of esters is 1. The van der Waals surface area contributed by atoms with Crippen molar-refractivity contribution in [2.45, 2.75) is 38.8 Å². The van der Waals surface area contributed by atoms with Gasteiger partial charge in [0, 0.05) is 0 Å². The van der Waals surface area contributed by atoms with Crippen LogP contribution in [0.4, 0.5) is 0 Å². The van der Waals surface area contributed by atoms with Gasteiger partial charge < -0.3 is 10.5 Å². The fourth-order valence-electron chi connectivity index (χ4n) is 0.952. The molecule has 3 nitrogen and oxygen atoms in total. The van der Waals surface area contributed by atoms with Gasteiger partial charge in [-0.1, -0.05) is 0 Å². The van der Waals surface area contributed by atoms with E-state index in [9.17, 15) is 4.79 Å². The number of hydrogen-bond acceptors (Lipinski definition) is 3. The lowest BCUT2D eigenvalue weighted by Crippen LogP contribution is -2.31. The van der Waals surface area contributed by atoms with Crippen LogP contribution in [0.1, 0.15) is 26.7 Å². The number of carbonyl (C=O) groups excluding carboxylic acids is 1. The van der Waals surface area contributed by atoms with Crippen LogP contribution in [0, 0.1) is 5.92 Å². The molecule has 0 aromatic heterocycles. The van der Waals surface area contributed by atoms with Gasteiger partial charge in [0.1, 0.15) is 12.1 Å². The molecule has 0 amide bonds. The molecular formula is C8H15NO2. The van der Waals surface area contributed by atoms with Crippen LogP contribution in [-0.4, -0.2) is 18.1 Å². The third kappa shape index (κ3) is 2.50. The molecule has 11 heavy (non-hydrogen) atoms. The Labute approximate surface area is 66.9 Å². The van der Waals surface area contributed by atoms with Crippen LogP contribution in [0.15, 0.2) is 0 Å². The van der Waals surface area contributed by atoms with Crippen molar-refractivity contribution in [3.05, 3.63) is 0 Å². The highest BCUT2D eigenvalue weighted by atomic mass is 16.5. The second kappa shape index (κ2) is 3.22. The van der Waals surface area contributed by atoms with Crippen molar-refractivity contribution in [3.63, 3.8) is 0 Å². The normalized spacial score (nSPS) is 22.5.